The van der Waals surface area contributed by atoms with Crippen molar-refractivity contribution in [2.45, 2.75) is 65.7 Å². The molecule has 2 aliphatic heterocycles. The molecule has 0 unspecified atom stereocenters. The van der Waals surface area contributed by atoms with E-state index in [1.807, 2.05) is 4.90 Å². The highest BCUT2D eigenvalue weighted by molar-refractivity contribution is 5.47. The van der Waals surface area contributed by atoms with Crippen LogP contribution in [0, 0.1) is 17.3 Å². The van der Waals surface area contributed by atoms with E-state index in [0.717, 1.165) is 31.3 Å². The number of piperidine rings is 2. The lowest BCUT2D eigenvalue weighted by molar-refractivity contribution is -0.122. The fourth-order valence-electron chi connectivity index (χ4n) is 4.42. The van der Waals surface area contributed by atoms with E-state index in [4.69, 9.17) is 0 Å². The van der Waals surface area contributed by atoms with Crippen LogP contribution in [0.3, 0.4) is 0 Å². The van der Waals surface area contributed by atoms with E-state index in [2.05, 4.69) is 25.7 Å². The van der Waals surface area contributed by atoms with E-state index in [-0.39, 0.29) is 0 Å². The van der Waals surface area contributed by atoms with Gasteiger partial charge in [-0.3, -0.25) is 4.79 Å². The summed E-state index contributed by atoms with van der Waals surface area (Å²) in [6, 6.07) is 0. The van der Waals surface area contributed by atoms with Crippen LogP contribution in [0.1, 0.15) is 65.7 Å². The van der Waals surface area contributed by atoms with Crippen molar-refractivity contribution in [1.82, 2.24) is 9.80 Å². The first-order valence-electron chi connectivity index (χ1n) is 9.52. The summed E-state index contributed by atoms with van der Waals surface area (Å²) in [5.74, 6) is 1.88. The van der Waals surface area contributed by atoms with Gasteiger partial charge in [0.1, 0.15) is 0 Å². The molecule has 0 bridgehead atoms. The van der Waals surface area contributed by atoms with Gasteiger partial charge in [-0.25, -0.2) is 0 Å². The number of rotatable bonds is 3. The first-order chi connectivity index (χ1) is 10.6. The zero-order valence-electron chi connectivity index (χ0n) is 15.0. The van der Waals surface area contributed by atoms with Crippen molar-refractivity contribution < 1.29 is 4.79 Å². The summed E-state index contributed by atoms with van der Waals surface area (Å²) in [6.07, 6.45) is 10.4. The Morgan fingerprint density at radius 2 is 1.59 bits per heavy atom. The SMILES string of the molecule is CC1CCN(CC2CC3(CCN(C=O)CC3)C2)CC1.CCC. The van der Waals surface area contributed by atoms with Gasteiger partial charge in [-0.2, -0.15) is 0 Å². The Morgan fingerprint density at radius 3 is 2.09 bits per heavy atom. The van der Waals surface area contributed by atoms with Crippen molar-refractivity contribution in [3.8, 4) is 0 Å². The third-order valence-electron chi connectivity index (χ3n) is 5.84. The first kappa shape index (κ1) is 17.8. The molecule has 1 spiro atoms. The molecule has 3 aliphatic rings. The van der Waals surface area contributed by atoms with Crippen LogP contribution in [0.15, 0.2) is 0 Å². The highest BCUT2D eigenvalue weighted by atomic mass is 16.1. The highest BCUT2D eigenvalue weighted by Crippen LogP contribution is 2.52. The molecule has 0 N–H and O–H groups in total. The Bertz CT molecular complexity index is 320. The quantitative estimate of drug-likeness (QED) is 0.741. The van der Waals surface area contributed by atoms with Crippen molar-refractivity contribution in [1.29, 1.82) is 0 Å². The predicted octanol–water partition coefficient (Wildman–Crippen LogP) is 3.78. The molecule has 2 saturated heterocycles. The molecular weight excluding hydrogens is 272 g/mol. The predicted molar refractivity (Wildman–Crippen MR) is 92.8 cm³/mol. The second kappa shape index (κ2) is 8.33. The van der Waals surface area contributed by atoms with Crippen LogP contribution in [0.4, 0.5) is 0 Å². The van der Waals surface area contributed by atoms with Crippen molar-refractivity contribution >= 4 is 6.41 Å². The number of amides is 1. The summed E-state index contributed by atoms with van der Waals surface area (Å²) in [5.41, 5.74) is 0.618. The molecule has 0 aromatic rings. The van der Waals surface area contributed by atoms with Crippen LogP contribution >= 0.6 is 0 Å². The zero-order valence-corrected chi connectivity index (χ0v) is 15.0. The summed E-state index contributed by atoms with van der Waals surface area (Å²) in [6.45, 7) is 12.6. The molecule has 0 radical (unpaired) electrons. The lowest BCUT2D eigenvalue weighted by Crippen LogP contribution is -2.50. The molecule has 3 nitrogen and oxygen atoms in total. The monoisotopic (exact) mass is 308 g/mol. The highest BCUT2D eigenvalue weighted by Gasteiger charge is 2.45. The van der Waals surface area contributed by atoms with Gasteiger partial charge in [0.25, 0.3) is 0 Å². The molecule has 0 aromatic heterocycles. The van der Waals surface area contributed by atoms with Crippen LogP contribution in [-0.2, 0) is 4.79 Å². The van der Waals surface area contributed by atoms with Gasteiger partial charge in [-0.1, -0.05) is 27.2 Å². The zero-order chi connectivity index (χ0) is 16.0. The lowest BCUT2D eigenvalue weighted by atomic mass is 9.57. The van der Waals surface area contributed by atoms with Gasteiger partial charge in [0.2, 0.25) is 6.41 Å². The molecular formula is C19H36N2O. The number of hydrogen-bond acceptors (Lipinski definition) is 2. The summed E-state index contributed by atoms with van der Waals surface area (Å²) >= 11 is 0. The molecule has 1 saturated carbocycles. The topological polar surface area (TPSA) is 23.6 Å². The van der Waals surface area contributed by atoms with Gasteiger partial charge in [-0.15, -0.1) is 0 Å². The van der Waals surface area contributed by atoms with Crippen LogP contribution < -0.4 is 0 Å². The average molecular weight is 309 g/mol. The van der Waals surface area contributed by atoms with Crippen molar-refractivity contribution in [3.63, 3.8) is 0 Å². The van der Waals surface area contributed by atoms with Crippen LogP contribution in [0.5, 0.6) is 0 Å². The molecule has 0 aromatic carbocycles. The Balaban J connectivity index is 0.000000545. The maximum atomic E-state index is 10.8. The van der Waals surface area contributed by atoms with Crippen molar-refractivity contribution in [2.24, 2.45) is 17.3 Å². The number of carbonyl (C=O) groups excluding carboxylic acids is 1. The number of carbonyl (C=O) groups is 1. The summed E-state index contributed by atoms with van der Waals surface area (Å²) in [5, 5.41) is 0. The first-order valence-corrected chi connectivity index (χ1v) is 9.52. The van der Waals surface area contributed by atoms with Gasteiger partial charge in [0, 0.05) is 19.6 Å². The number of likely N-dealkylation sites (tertiary alicyclic amines) is 2. The van der Waals surface area contributed by atoms with E-state index >= 15 is 0 Å². The number of hydrogen-bond donors (Lipinski definition) is 0. The van der Waals surface area contributed by atoms with Gasteiger partial charge in [-0.05, 0) is 68.9 Å². The minimum atomic E-state index is 0.618. The standard InChI is InChI=1S/C16H28N2O.C3H8/c1-14-2-6-17(7-3-14)12-15-10-16(11-15)4-8-18(13-19)9-5-16;1-3-2/h13-15H,2-12H2,1H3;3H2,1-2H3. The fraction of sp³-hybridized carbons (Fsp3) is 0.947. The minimum Gasteiger partial charge on any atom is -0.345 e. The second-order valence-electron chi connectivity index (χ2n) is 8.11. The number of nitrogens with zero attached hydrogens (tertiary/aromatic N) is 2. The Hall–Kier alpha value is -0.570. The summed E-state index contributed by atoms with van der Waals surface area (Å²) in [7, 11) is 0. The van der Waals surface area contributed by atoms with Crippen LogP contribution in [0.25, 0.3) is 0 Å². The van der Waals surface area contributed by atoms with Gasteiger partial charge in [0.05, 0.1) is 0 Å². The lowest BCUT2D eigenvalue weighted by Gasteiger charge is -2.53. The molecule has 1 amide bonds. The molecule has 128 valence electrons. The summed E-state index contributed by atoms with van der Waals surface area (Å²) in [4.78, 5) is 15.4. The Kier molecular flexibility index (Phi) is 6.73. The molecule has 2 heterocycles. The fourth-order valence-corrected chi connectivity index (χ4v) is 4.42. The van der Waals surface area contributed by atoms with Crippen LogP contribution in [0.2, 0.25) is 0 Å². The average Bonchev–Trinajstić information content (AvgIpc) is 2.49. The van der Waals surface area contributed by atoms with Gasteiger partial charge < -0.3 is 9.80 Å². The van der Waals surface area contributed by atoms with E-state index < -0.39 is 0 Å². The van der Waals surface area contributed by atoms with Gasteiger partial charge >= 0.3 is 0 Å². The molecule has 3 rings (SSSR count). The molecule has 3 heteroatoms. The third-order valence-corrected chi connectivity index (χ3v) is 5.84. The molecule has 3 fully saturated rings. The van der Waals surface area contributed by atoms with Crippen LogP contribution in [-0.4, -0.2) is 48.9 Å². The Morgan fingerprint density at radius 1 is 1.05 bits per heavy atom. The molecule has 22 heavy (non-hydrogen) atoms. The second-order valence-corrected chi connectivity index (χ2v) is 8.11. The van der Waals surface area contributed by atoms with E-state index in [1.165, 1.54) is 64.6 Å². The maximum absolute atomic E-state index is 10.8. The van der Waals surface area contributed by atoms with Gasteiger partial charge in [0.15, 0.2) is 0 Å². The van der Waals surface area contributed by atoms with E-state index in [9.17, 15) is 4.79 Å². The largest absolute Gasteiger partial charge is 0.345 e. The van der Waals surface area contributed by atoms with Crippen molar-refractivity contribution in [2.75, 3.05) is 32.7 Å². The minimum absolute atomic E-state index is 0.618. The molecule has 0 atom stereocenters. The normalized spacial score (nSPS) is 26.2. The molecule has 1 aliphatic carbocycles. The Labute approximate surface area is 137 Å². The van der Waals surface area contributed by atoms with E-state index in [1.54, 1.807) is 0 Å². The smallest absolute Gasteiger partial charge is 0.209 e. The maximum Gasteiger partial charge on any atom is 0.209 e. The summed E-state index contributed by atoms with van der Waals surface area (Å²) < 4.78 is 0. The van der Waals surface area contributed by atoms with Crippen molar-refractivity contribution in [3.05, 3.63) is 0 Å². The van der Waals surface area contributed by atoms with E-state index in [0.29, 0.717) is 5.41 Å². The third kappa shape index (κ3) is 4.71.